The number of para-hydroxylation sites is 1. The molecular weight excluding hydrogens is 302 g/mol. The van der Waals surface area contributed by atoms with Crippen LogP contribution in [-0.2, 0) is 16.1 Å². The maximum atomic E-state index is 12.0. The molecule has 1 aromatic carbocycles. The maximum Gasteiger partial charge on any atom is 0.339 e. The number of hydrogen-bond donors (Lipinski definition) is 1. The molecule has 0 aliphatic carbocycles. The first-order chi connectivity index (χ1) is 10.7. The van der Waals surface area contributed by atoms with Crippen LogP contribution in [0.2, 0.25) is 0 Å². The fraction of sp³-hybridized carbons (Fsp3) is 0.267. The molecule has 0 saturated heterocycles. The number of hydrogen-bond acceptors (Lipinski definition) is 5. The molecule has 0 aliphatic rings. The summed E-state index contributed by atoms with van der Waals surface area (Å²) in [5.41, 5.74) is 0.775. The van der Waals surface area contributed by atoms with E-state index in [1.807, 2.05) is 17.7 Å². The molecule has 2 rings (SSSR count). The van der Waals surface area contributed by atoms with Gasteiger partial charge >= 0.3 is 5.97 Å². The first-order valence-electron chi connectivity index (χ1n) is 6.76. The van der Waals surface area contributed by atoms with Gasteiger partial charge in [-0.1, -0.05) is 23.9 Å². The predicted octanol–water partition coefficient (Wildman–Crippen LogP) is 2.42. The fourth-order valence-electron chi connectivity index (χ4n) is 1.87. The standard InChI is InChI=1S/C15H17N3O3S/c1-3-18-9-8-16-15(18)22-10-13(19)17-12-7-5-4-6-11(12)14(20)21-2/h4-9H,3,10H2,1-2H3,(H,17,19). The number of anilines is 1. The van der Waals surface area contributed by atoms with E-state index < -0.39 is 5.97 Å². The van der Waals surface area contributed by atoms with Crippen LogP contribution in [0.1, 0.15) is 17.3 Å². The molecule has 0 saturated carbocycles. The van der Waals surface area contributed by atoms with Crippen molar-refractivity contribution in [2.75, 3.05) is 18.2 Å². The Hall–Kier alpha value is -2.28. The summed E-state index contributed by atoms with van der Waals surface area (Å²) in [6.07, 6.45) is 3.57. The van der Waals surface area contributed by atoms with Crippen LogP contribution in [0.15, 0.2) is 41.8 Å². The zero-order valence-electron chi connectivity index (χ0n) is 12.4. The van der Waals surface area contributed by atoms with Crippen LogP contribution in [0.3, 0.4) is 0 Å². The van der Waals surface area contributed by atoms with Crippen molar-refractivity contribution < 1.29 is 14.3 Å². The van der Waals surface area contributed by atoms with Gasteiger partial charge in [0.2, 0.25) is 5.91 Å². The maximum absolute atomic E-state index is 12.0. The Bertz CT molecular complexity index is 670. The van der Waals surface area contributed by atoms with Crippen LogP contribution in [0, 0.1) is 0 Å². The Morgan fingerprint density at radius 1 is 1.36 bits per heavy atom. The van der Waals surface area contributed by atoms with Gasteiger partial charge in [-0.3, -0.25) is 4.79 Å². The molecule has 6 nitrogen and oxygen atoms in total. The molecule has 0 aliphatic heterocycles. The molecule has 0 atom stereocenters. The van der Waals surface area contributed by atoms with Gasteiger partial charge in [-0.15, -0.1) is 0 Å². The van der Waals surface area contributed by atoms with Crippen LogP contribution in [0.5, 0.6) is 0 Å². The lowest BCUT2D eigenvalue weighted by Gasteiger charge is -2.09. The first kappa shape index (κ1) is 16.1. The van der Waals surface area contributed by atoms with Crippen LogP contribution in [-0.4, -0.2) is 34.3 Å². The number of benzene rings is 1. The number of nitrogens with one attached hydrogen (secondary N) is 1. The average molecular weight is 319 g/mol. The Labute approximate surface area is 132 Å². The third-order valence-electron chi connectivity index (χ3n) is 2.96. The van der Waals surface area contributed by atoms with Crippen LogP contribution in [0.4, 0.5) is 5.69 Å². The van der Waals surface area contributed by atoms with Crippen molar-refractivity contribution in [3.05, 3.63) is 42.2 Å². The number of aromatic nitrogens is 2. The normalized spacial score (nSPS) is 10.3. The second-order valence-electron chi connectivity index (χ2n) is 4.37. The summed E-state index contributed by atoms with van der Waals surface area (Å²) in [5, 5.41) is 3.52. The summed E-state index contributed by atoms with van der Waals surface area (Å²) in [7, 11) is 1.31. The summed E-state index contributed by atoms with van der Waals surface area (Å²) in [4.78, 5) is 27.9. The van der Waals surface area contributed by atoms with Crippen molar-refractivity contribution in [2.24, 2.45) is 0 Å². The molecule has 0 radical (unpaired) electrons. The number of imidazole rings is 1. The van der Waals surface area contributed by atoms with Crippen molar-refractivity contribution in [1.82, 2.24) is 9.55 Å². The van der Waals surface area contributed by atoms with Gasteiger partial charge in [-0.25, -0.2) is 9.78 Å². The fourth-order valence-corrected chi connectivity index (χ4v) is 2.70. The van der Waals surface area contributed by atoms with Crippen molar-refractivity contribution in [2.45, 2.75) is 18.6 Å². The highest BCUT2D eigenvalue weighted by atomic mass is 32.2. The number of amides is 1. The van der Waals surface area contributed by atoms with Crippen LogP contribution >= 0.6 is 11.8 Å². The molecule has 22 heavy (non-hydrogen) atoms. The smallest absolute Gasteiger partial charge is 0.339 e. The van der Waals surface area contributed by atoms with E-state index in [-0.39, 0.29) is 11.7 Å². The third-order valence-corrected chi connectivity index (χ3v) is 3.96. The summed E-state index contributed by atoms with van der Waals surface area (Å²) in [5.74, 6) is -0.468. The lowest BCUT2D eigenvalue weighted by Crippen LogP contribution is -2.17. The molecule has 2 aromatic rings. The molecule has 1 heterocycles. The quantitative estimate of drug-likeness (QED) is 0.654. The van der Waals surface area contributed by atoms with E-state index >= 15 is 0 Å². The molecule has 1 N–H and O–H groups in total. The molecule has 1 amide bonds. The minimum atomic E-state index is -0.481. The minimum Gasteiger partial charge on any atom is -0.465 e. The van der Waals surface area contributed by atoms with E-state index in [2.05, 4.69) is 10.3 Å². The summed E-state index contributed by atoms with van der Waals surface area (Å²) < 4.78 is 6.66. The number of ether oxygens (including phenoxy) is 1. The number of thioether (sulfide) groups is 1. The van der Waals surface area contributed by atoms with E-state index in [4.69, 9.17) is 4.74 Å². The van der Waals surface area contributed by atoms with Gasteiger partial charge in [-0.2, -0.15) is 0 Å². The number of carbonyl (C=O) groups excluding carboxylic acids is 2. The molecule has 1 aromatic heterocycles. The SMILES string of the molecule is CCn1ccnc1SCC(=O)Nc1ccccc1C(=O)OC. The van der Waals surface area contributed by atoms with Crippen LogP contribution < -0.4 is 5.32 Å². The molecular formula is C15H17N3O3S. The predicted molar refractivity (Wildman–Crippen MR) is 85.0 cm³/mol. The van der Waals surface area contributed by atoms with Gasteiger partial charge < -0.3 is 14.6 Å². The van der Waals surface area contributed by atoms with Gasteiger partial charge in [0.05, 0.1) is 24.1 Å². The van der Waals surface area contributed by atoms with E-state index in [9.17, 15) is 9.59 Å². The lowest BCUT2D eigenvalue weighted by molar-refractivity contribution is -0.113. The second kappa shape index (κ2) is 7.65. The van der Waals surface area contributed by atoms with Gasteiger partial charge in [0.25, 0.3) is 0 Å². The van der Waals surface area contributed by atoms with Crippen molar-refractivity contribution in [3.8, 4) is 0 Å². The Morgan fingerprint density at radius 3 is 2.86 bits per heavy atom. The van der Waals surface area contributed by atoms with Crippen molar-refractivity contribution in [1.29, 1.82) is 0 Å². The van der Waals surface area contributed by atoms with E-state index in [0.717, 1.165) is 11.7 Å². The number of nitrogens with zero attached hydrogens (tertiary/aromatic N) is 2. The molecule has 7 heteroatoms. The van der Waals surface area contributed by atoms with Gasteiger partial charge in [-0.05, 0) is 19.1 Å². The summed E-state index contributed by atoms with van der Waals surface area (Å²) in [6, 6.07) is 6.74. The highest BCUT2D eigenvalue weighted by Gasteiger charge is 2.14. The monoisotopic (exact) mass is 319 g/mol. The Morgan fingerprint density at radius 2 is 2.14 bits per heavy atom. The number of carbonyl (C=O) groups is 2. The topological polar surface area (TPSA) is 73.2 Å². The van der Waals surface area contributed by atoms with E-state index in [1.54, 1.807) is 30.5 Å². The Balaban J connectivity index is 1.99. The number of aryl methyl sites for hydroxylation is 1. The third kappa shape index (κ3) is 3.88. The largest absolute Gasteiger partial charge is 0.465 e. The highest BCUT2D eigenvalue weighted by molar-refractivity contribution is 7.99. The summed E-state index contributed by atoms with van der Waals surface area (Å²) in [6.45, 7) is 2.81. The van der Waals surface area contributed by atoms with Gasteiger partial charge in [0.15, 0.2) is 5.16 Å². The second-order valence-corrected chi connectivity index (χ2v) is 5.31. The van der Waals surface area contributed by atoms with Gasteiger partial charge in [0.1, 0.15) is 0 Å². The molecule has 0 spiro atoms. The number of rotatable bonds is 6. The zero-order chi connectivity index (χ0) is 15.9. The molecule has 0 unspecified atom stereocenters. The van der Waals surface area contributed by atoms with Gasteiger partial charge in [0, 0.05) is 18.9 Å². The summed E-state index contributed by atoms with van der Waals surface area (Å²) >= 11 is 1.35. The average Bonchev–Trinajstić information content (AvgIpc) is 3.00. The lowest BCUT2D eigenvalue weighted by atomic mass is 10.2. The zero-order valence-corrected chi connectivity index (χ0v) is 13.2. The molecule has 0 fully saturated rings. The van der Waals surface area contributed by atoms with Crippen molar-refractivity contribution in [3.63, 3.8) is 0 Å². The Kier molecular flexibility index (Phi) is 5.60. The molecule has 0 bridgehead atoms. The van der Waals surface area contributed by atoms with Crippen molar-refractivity contribution >= 4 is 29.3 Å². The number of methoxy groups -OCH3 is 1. The number of esters is 1. The first-order valence-corrected chi connectivity index (χ1v) is 7.75. The van der Waals surface area contributed by atoms with E-state index in [0.29, 0.717) is 11.3 Å². The van der Waals surface area contributed by atoms with E-state index in [1.165, 1.54) is 18.9 Å². The minimum absolute atomic E-state index is 0.202. The van der Waals surface area contributed by atoms with Crippen LogP contribution in [0.25, 0.3) is 0 Å². The highest BCUT2D eigenvalue weighted by Crippen LogP contribution is 2.19. The molecule has 116 valence electrons.